The van der Waals surface area contributed by atoms with Crippen molar-refractivity contribution < 1.29 is 13.9 Å². The third-order valence-electron chi connectivity index (χ3n) is 5.17. The molecule has 33 heavy (non-hydrogen) atoms. The number of carbonyl (C=O) groups is 1. The normalized spacial score (nSPS) is 12.6. The first-order valence-corrected chi connectivity index (χ1v) is 12.3. The molecule has 0 saturated heterocycles. The number of thioether (sulfide) groups is 1. The Labute approximate surface area is 199 Å². The summed E-state index contributed by atoms with van der Waals surface area (Å²) in [6.07, 6.45) is 5.73. The summed E-state index contributed by atoms with van der Waals surface area (Å²) in [6.45, 7) is 4.21. The molecule has 3 aromatic rings. The summed E-state index contributed by atoms with van der Waals surface area (Å²) in [7, 11) is 0. The molecule has 0 aliphatic heterocycles. The van der Waals surface area contributed by atoms with Gasteiger partial charge in [0.2, 0.25) is 5.91 Å². The van der Waals surface area contributed by atoms with Crippen molar-refractivity contribution in [2.24, 2.45) is 0 Å². The molecular weight excluding hydrogens is 461 g/mol. The number of allylic oxidation sites excluding steroid dienone is 1. The van der Waals surface area contributed by atoms with E-state index in [4.69, 9.17) is 4.74 Å². The highest BCUT2D eigenvalue weighted by Gasteiger charge is 2.22. The molecule has 1 aliphatic rings. The molecule has 1 aliphatic carbocycles. The number of thiophene rings is 1. The SMILES string of the molecule is C=CCn1c(COc2ccccc2F)nnc1SCC(=O)Nc1sc2c(c1C#N)CCCC2. The number of nitrogens with zero attached hydrogens (tertiary/aromatic N) is 4. The minimum absolute atomic E-state index is 0.0286. The van der Waals surface area contributed by atoms with Gasteiger partial charge < -0.3 is 10.1 Å². The zero-order chi connectivity index (χ0) is 23.2. The Morgan fingerprint density at radius 1 is 1.36 bits per heavy atom. The first-order valence-electron chi connectivity index (χ1n) is 10.5. The van der Waals surface area contributed by atoms with E-state index in [0.717, 1.165) is 31.2 Å². The average molecular weight is 484 g/mol. The van der Waals surface area contributed by atoms with Gasteiger partial charge >= 0.3 is 0 Å². The first-order chi connectivity index (χ1) is 16.1. The van der Waals surface area contributed by atoms with Gasteiger partial charge in [0.15, 0.2) is 22.5 Å². The third-order valence-corrected chi connectivity index (χ3v) is 7.34. The highest BCUT2D eigenvalue weighted by Crippen LogP contribution is 2.37. The molecule has 0 bridgehead atoms. The van der Waals surface area contributed by atoms with Gasteiger partial charge in [-0.15, -0.1) is 28.1 Å². The fraction of sp³-hybridized carbons (Fsp3) is 0.304. The van der Waals surface area contributed by atoms with Gasteiger partial charge in [0.25, 0.3) is 0 Å². The molecule has 0 fully saturated rings. The Morgan fingerprint density at radius 2 is 2.18 bits per heavy atom. The van der Waals surface area contributed by atoms with Crippen molar-refractivity contribution in [3.63, 3.8) is 0 Å². The summed E-state index contributed by atoms with van der Waals surface area (Å²) >= 11 is 2.73. The van der Waals surface area contributed by atoms with Crippen molar-refractivity contribution in [1.82, 2.24) is 14.8 Å². The van der Waals surface area contributed by atoms with Crippen molar-refractivity contribution in [3.8, 4) is 11.8 Å². The lowest BCUT2D eigenvalue weighted by molar-refractivity contribution is -0.113. The number of amides is 1. The number of carbonyl (C=O) groups excluding carboxylic acids is 1. The molecule has 0 atom stereocenters. The van der Waals surface area contributed by atoms with Crippen LogP contribution in [0, 0.1) is 17.1 Å². The molecule has 0 radical (unpaired) electrons. The number of aromatic nitrogens is 3. The number of hydrogen-bond acceptors (Lipinski definition) is 7. The highest BCUT2D eigenvalue weighted by atomic mass is 32.2. The monoisotopic (exact) mass is 483 g/mol. The van der Waals surface area contributed by atoms with Gasteiger partial charge in [0.1, 0.15) is 17.7 Å². The highest BCUT2D eigenvalue weighted by molar-refractivity contribution is 7.99. The molecule has 0 saturated carbocycles. The quantitative estimate of drug-likeness (QED) is 0.350. The molecule has 2 aromatic heterocycles. The predicted molar refractivity (Wildman–Crippen MR) is 126 cm³/mol. The summed E-state index contributed by atoms with van der Waals surface area (Å²) in [6, 6.07) is 8.40. The summed E-state index contributed by atoms with van der Waals surface area (Å²) in [5.41, 5.74) is 1.68. The number of anilines is 1. The van der Waals surface area contributed by atoms with Gasteiger partial charge in [-0.3, -0.25) is 9.36 Å². The molecule has 4 rings (SSSR count). The Hall–Kier alpha value is -3.16. The second-order valence-electron chi connectivity index (χ2n) is 7.38. The Morgan fingerprint density at radius 3 is 2.97 bits per heavy atom. The van der Waals surface area contributed by atoms with E-state index in [0.29, 0.717) is 28.1 Å². The maximum absolute atomic E-state index is 13.8. The van der Waals surface area contributed by atoms with Crippen molar-refractivity contribution in [2.45, 2.75) is 44.0 Å². The first kappa shape index (κ1) is 23.0. The van der Waals surface area contributed by atoms with Crippen molar-refractivity contribution in [3.05, 3.63) is 64.6 Å². The number of fused-ring (bicyclic) bond motifs is 1. The number of hydrogen-bond donors (Lipinski definition) is 1. The maximum Gasteiger partial charge on any atom is 0.235 e. The lowest BCUT2D eigenvalue weighted by Crippen LogP contribution is -2.15. The molecule has 1 amide bonds. The summed E-state index contributed by atoms with van der Waals surface area (Å²) in [5.74, 6) is 0.0690. The van der Waals surface area contributed by atoms with E-state index in [-0.39, 0.29) is 24.0 Å². The van der Waals surface area contributed by atoms with E-state index < -0.39 is 5.82 Å². The van der Waals surface area contributed by atoms with Gasteiger partial charge in [-0.05, 0) is 43.4 Å². The zero-order valence-corrected chi connectivity index (χ0v) is 19.5. The standard InChI is InChI=1S/C23H22FN5O2S2/c1-2-11-29-20(13-31-18-9-5-4-8-17(18)24)27-28-23(29)32-14-21(30)26-22-16(12-25)15-7-3-6-10-19(15)33-22/h2,4-5,8-9H,1,3,6-7,10-11,13-14H2,(H,26,30). The van der Waals surface area contributed by atoms with E-state index in [9.17, 15) is 14.4 Å². The smallest absolute Gasteiger partial charge is 0.235 e. The number of halogens is 1. The Bertz CT molecular complexity index is 1210. The van der Waals surface area contributed by atoms with Crippen LogP contribution in [0.4, 0.5) is 9.39 Å². The summed E-state index contributed by atoms with van der Waals surface area (Å²) in [4.78, 5) is 13.8. The summed E-state index contributed by atoms with van der Waals surface area (Å²) < 4.78 is 21.1. The molecular formula is C23H22FN5O2S2. The second-order valence-corrected chi connectivity index (χ2v) is 9.43. The number of nitriles is 1. The Kier molecular flexibility index (Phi) is 7.42. The van der Waals surface area contributed by atoms with Crippen molar-refractivity contribution in [1.29, 1.82) is 5.26 Å². The van der Waals surface area contributed by atoms with Gasteiger partial charge in [-0.1, -0.05) is 30.0 Å². The number of aryl methyl sites for hydroxylation is 1. The number of benzene rings is 1. The molecule has 0 spiro atoms. The predicted octanol–water partition coefficient (Wildman–Crippen LogP) is 4.72. The second kappa shape index (κ2) is 10.6. The van der Waals surface area contributed by atoms with Crippen LogP contribution in [0.15, 0.2) is 42.1 Å². The average Bonchev–Trinajstić information content (AvgIpc) is 3.37. The van der Waals surface area contributed by atoms with Crippen LogP contribution >= 0.6 is 23.1 Å². The molecule has 2 heterocycles. The lowest BCUT2D eigenvalue weighted by Gasteiger charge is -2.10. The zero-order valence-electron chi connectivity index (χ0n) is 17.8. The van der Waals surface area contributed by atoms with Crippen LogP contribution in [-0.2, 0) is 30.8 Å². The molecule has 10 heteroatoms. The minimum atomic E-state index is -0.453. The van der Waals surface area contributed by atoms with Crippen LogP contribution in [0.1, 0.15) is 34.7 Å². The van der Waals surface area contributed by atoms with E-state index in [1.807, 2.05) is 0 Å². The van der Waals surface area contributed by atoms with Crippen LogP contribution in [-0.4, -0.2) is 26.4 Å². The lowest BCUT2D eigenvalue weighted by atomic mass is 9.96. The fourth-order valence-electron chi connectivity index (χ4n) is 3.61. The van der Waals surface area contributed by atoms with Crippen LogP contribution in [0.3, 0.4) is 0 Å². The van der Waals surface area contributed by atoms with E-state index >= 15 is 0 Å². The van der Waals surface area contributed by atoms with Gasteiger partial charge in [-0.2, -0.15) is 5.26 Å². The van der Waals surface area contributed by atoms with E-state index in [1.54, 1.807) is 28.8 Å². The third kappa shape index (κ3) is 5.26. The van der Waals surface area contributed by atoms with E-state index in [1.165, 1.54) is 34.0 Å². The van der Waals surface area contributed by atoms with Crippen molar-refractivity contribution in [2.75, 3.05) is 11.1 Å². The molecule has 170 valence electrons. The minimum Gasteiger partial charge on any atom is -0.483 e. The number of rotatable bonds is 9. The van der Waals surface area contributed by atoms with E-state index in [2.05, 4.69) is 28.2 Å². The molecule has 0 unspecified atom stereocenters. The summed E-state index contributed by atoms with van der Waals surface area (Å²) in [5, 5.41) is 21.9. The number of nitrogens with one attached hydrogen (secondary N) is 1. The largest absolute Gasteiger partial charge is 0.483 e. The van der Waals surface area contributed by atoms with Gasteiger partial charge in [0.05, 0.1) is 11.3 Å². The molecule has 1 N–H and O–H groups in total. The van der Waals surface area contributed by atoms with Crippen LogP contribution in [0.5, 0.6) is 5.75 Å². The van der Waals surface area contributed by atoms with Gasteiger partial charge in [0, 0.05) is 11.4 Å². The van der Waals surface area contributed by atoms with Gasteiger partial charge in [-0.25, -0.2) is 4.39 Å². The fourth-order valence-corrected chi connectivity index (χ4v) is 5.64. The molecule has 7 nitrogen and oxygen atoms in total. The topological polar surface area (TPSA) is 92.8 Å². The van der Waals surface area contributed by atoms with Crippen molar-refractivity contribution >= 4 is 34.0 Å². The number of ether oxygens (including phenoxy) is 1. The molecule has 1 aromatic carbocycles. The van der Waals surface area contributed by atoms with Crippen LogP contribution in [0.25, 0.3) is 0 Å². The maximum atomic E-state index is 13.8. The van der Waals surface area contributed by atoms with Crippen LogP contribution in [0.2, 0.25) is 0 Å². The Balaban J connectivity index is 1.40. The van der Waals surface area contributed by atoms with Crippen LogP contribution < -0.4 is 10.1 Å². The number of para-hydroxylation sites is 1.